The lowest BCUT2D eigenvalue weighted by molar-refractivity contribution is -0.140. The molecule has 0 atom stereocenters. The second-order valence-electron chi connectivity index (χ2n) is 6.86. The van der Waals surface area contributed by atoms with E-state index in [1.54, 1.807) is 0 Å². The van der Waals surface area contributed by atoms with Crippen LogP contribution in [0.2, 0.25) is 0 Å². The van der Waals surface area contributed by atoms with Crippen molar-refractivity contribution in [1.29, 1.82) is 0 Å². The third kappa shape index (κ3) is 4.35. The van der Waals surface area contributed by atoms with Gasteiger partial charge in [0.2, 0.25) is 5.76 Å². The Morgan fingerprint density at radius 2 is 1.90 bits per heavy atom. The standard InChI is InChI=1S/C19H19F3N6O2/c20-19(21,22)16-2-1-13-14(26-16)3-5-23-17(13)28-11-9-27(10-12-28)8-7-24-18(29)15-4-6-25-30-15/h1-6H,7-12H2,(H,24,29). The van der Waals surface area contributed by atoms with Crippen LogP contribution in [-0.2, 0) is 6.18 Å². The van der Waals surface area contributed by atoms with Gasteiger partial charge in [-0.1, -0.05) is 5.16 Å². The molecule has 3 aromatic heterocycles. The summed E-state index contributed by atoms with van der Waals surface area (Å²) in [6.07, 6.45) is -1.59. The van der Waals surface area contributed by atoms with E-state index in [0.29, 0.717) is 37.4 Å². The molecular weight excluding hydrogens is 401 g/mol. The van der Waals surface area contributed by atoms with E-state index in [4.69, 9.17) is 4.52 Å². The molecular formula is C19H19F3N6O2. The summed E-state index contributed by atoms with van der Waals surface area (Å²) in [5.74, 6) is 0.493. The molecule has 0 aliphatic carbocycles. The Morgan fingerprint density at radius 1 is 1.10 bits per heavy atom. The van der Waals surface area contributed by atoms with Gasteiger partial charge in [-0.05, 0) is 18.2 Å². The molecule has 11 heteroatoms. The zero-order chi connectivity index (χ0) is 21.1. The minimum absolute atomic E-state index is 0.170. The summed E-state index contributed by atoms with van der Waals surface area (Å²) < 4.78 is 43.6. The molecule has 0 radical (unpaired) electrons. The third-order valence-electron chi connectivity index (χ3n) is 4.93. The number of alkyl halides is 3. The van der Waals surface area contributed by atoms with Crippen molar-refractivity contribution in [1.82, 2.24) is 25.3 Å². The maximum absolute atomic E-state index is 12.9. The number of piperazine rings is 1. The molecule has 0 saturated carbocycles. The lowest BCUT2D eigenvalue weighted by Gasteiger charge is -2.35. The normalized spacial score (nSPS) is 15.5. The first kappa shape index (κ1) is 20.1. The summed E-state index contributed by atoms with van der Waals surface area (Å²) in [5, 5.41) is 6.87. The maximum Gasteiger partial charge on any atom is 0.433 e. The number of fused-ring (bicyclic) bond motifs is 1. The van der Waals surface area contributed by atoms with Gasteiger partial charge >= 0.3 is 6.18 Å². The molecule has 0 unspecified atom stereocenters. The van der Waals surface area contributed by atoms with Crippen molar-refractivity contribution in [3.63, 3.8) is 0 Å². The number of carbonyl (C=O) groups is 1. The number of rotatable bonds is 5. The Morgan fingerprint density at radius 3 is 2.60 bits per heavy atom. The summed E-state index contributed by atoms with van der Waals surface area (Å²) in [7, 11) is 0. The number of halogens is 3. The summed E-state index contributed by atoms with van der Waals surface area (Å²) in [4.78, 5) is 24.2. The van der Waals surface area contributed by atoms with E-state index >= 15 is 0 Å². The van der Waals surface area contributed by atoms with Gasteiger partial charge in [-0.2, -0.15) is 13.2 Å². The molecule has 1 aliphatic heterocycles. The zero-order valence-corrected chi connectivity index (χ0v) is 15.9. The van der Waals surface area contributed by atoms with Crippen molar-refractivity contribution >= 4 is 22.6 Å². The average molecular weight is 420 g/mol. The number of pyridine rings is 2. The van der Waals surface area contributed by atoms with Crippen LogP contribution in [-0.4, -0.2) is 65.2 Å². The highest BCUT2D eigenvalue weighted by molar-refractivity contribution is 5.91. The van der Waals surface area contributed by atoms with Gasteiger partial charge in [0.1, 0.15) is 11.5 Å². The van der Waals surface area contributed by atoms with E-state index in [-0.39, 0.29) is 17.2 Å². The molecule has 158 valence electrons. The average Bonchev–Trinajstić information content (AvgIpc) is 3.28. The van der Waals surface area contributed by atoms with E-state index < -0.39 is 11.9 Å². The number of nitrogens with one attached hydrogen (secondary N) is 1. The van der Waals surface area contributed by atoms with E-state index in [9.17, 15) is 18.0 Å². The van der Waals surface area contributed by atoms with Crippen molar-refractivity contribution < 1.29 is 22.5 Å². The first-order valence-electron chi connectivity index (χ1n) is 9.41. The number of carbonyl (C=O) groups excluding carboxylic acids is 1. The third-order valence-corrected chi connectivity index (χ3v) is 4.93. The van der Waals surface area contributed by atoms with Gasteiger partial charge in [0.05, 0.1) is 11.7 Å². The van der Waals surface area contributed by atoms with Gasteiger partial charge in [0.25, 0.3) is 5.91 Å². The van der Waals surface area contributed by atoms with E-state index in [0.717, 1.165) is 19.2 Å². The quantitative estimate of drug-likeness (QED) is 0.677. The fraction of sp³-hybridized carbons (Fsp3) is 0.368. The molecule has 0 spiro atoms. The van der Waals surface area contributed by atoms with Gasteiger partial charge in [0, 0.05) is 56.9 Å². The lowest BCUT2D eigenvalue weighted by Crippen LogP contribution is -2.48. The number of nitrogens with zero attached hydrogens (tertiary/aromatic N) is 5. The number of aromatic nitrogens is 3. The van der Waals surface area contributed by atoms with E-state index in [1.807, 2.05) is 4.90 Å². The van der Waals surface area contributed by atoms with Gasteiger partial charge in [-0.25, -0.2) is 9.97 Å². The van der Waals surface area contributed by atoms with Crippen LogP contribution in [0.25, 0.3) is 10.9 Å². The first-order valence-corrected chi connectivity index (χ1v) is 9.41. The lowest BCUT2D eigenvalue weighted by atomic mass is 10.2. The van der Waals surface area contributed by atoms with Crippen LogP contribution in [0.5, 0.6) is 0 Å². The Balaban J connectivity index is 1.35. The molecule has 1 aliphatic rings. The molecule has 4 rings (SSSR count). The molecule has 0 aromatic carbocycles. The van der Waals surface area contributed by atoms with Crippen LogP contribution >= 0.6 is 0 Å². The molecule has 3 aromatic rings. The van der Waals surface area contributed by atoms with Crippen LogP contribution in [0.15, 0.2) is 41.2 Å². The Labute approximate surface area is 169 Å². The predicted molar refractivity (Wildman–Crippen MR) is 102 cm³/mol. The highest BCUT2D eigenvalue weighted by Gasteiger charge is 2.32. The van der Waals surface area contributed by atoms with Gasteiger partial charge in [0.15, 0.2) is 0 Å². The summed E-state index contributed by atoms with van der Waals surface area (Å²) in [6, 6.07) is 5.40. The highest BCUT2D eigenvalue weighted by atomic mass is 19.4. The summed E-state index contributed by atoms with van der Waals surface area (Å²) in [6.45, 7) is 3.96. The smallest absolute Gasteiger partial charge is 0.353 e. The van der Waals surface area contributed by atoms with E-state index in [2.05, 4.69) is 25.3 Å². The molecule has 1 N–H and O–H groups in total. The number of anilines is 1. The largest absolute Gasteiger partial charge is 0.433 e. The van der Waals surface area contributed by atoms with Crippen LogP contribution in [0.1, 0.15) is 16.2 Å². The van der Waals surface area contributed by atoms with Crippen molar-refractivity contribution in [2.24, 2.45) is 0 Å². The molecule has 0 bridgehead atoms. The number of hydrogen-bond donors (Lipinski definition) is 1. The van der Waals surface area contributed by atoms with Crippen LogP contribution in [0.3, 0.4) is 0 Å². The number of hydrogen-bond acceptors (Lipinski definition) is 7. The van der Waals surface area contributed by atoms with Gasteiger partial charge in [-0.3, -0.25) is 9.69 Å². The first-order chi connectivity index (χ1) is 14.4. The topological polar surface area (TPSA) is 87.4 Å². The second-order valence-corrected chi connectivity index (χ2v) is 6.86. The Kier molecular flexibility index (Phi) is 5.53. The zero-order valence-electron chi connectivity index (χ0n) is 15.9. The Hall–Kier alpha value is -3.21. The molecule has 1 amide bonds. The second kappa shape index (κ2) is 8.27. The monoisotopic (exact) mass is 420 g/mol. The van der Waals surface area contributed by atoms with E-state index in [1.165, 1.54) is 30.6 Å². The molecule has 1 fully saturated rings. The minimum atomic E-state index is -4.48. The van der Waals surface area contributed by atoms with Crippen molar-refractivity contribution in [3.8, 4) is 0 Å². The van der Waals surface area contributed by atoms with Gasteiger partial charge in [-0.15, -0.1) is 0 Å². The molecule has 4 heterocycles. The highest BCUT2D eigenvalue weighted by Crippen LogP contribution is 2.31. The molecule has 8 nitrogen and oxygen atoms in total. The molecule has 1 saturated heterocycles. The predicted octanol–water partition coefficient (Wildman–Crippen LogP) is 2.19. The fourth-order valence-electron chi connectivity index (χ4n) is 3.38. The maximum atomic E-state index is 12.9. The van der Waals surface area contributed by atoms with Crippen molar-refractivity contribution in [2.75, 3.05) is 44.2 Å². The minimum Gasteiger partial charge on any atom is -0.353 e. The van der Waals surface area contributed by atoms with Crippen molar-refractivity contribution in [3.05, 3.63) is 48.1 Å². The van der Waals surface area contributed by atoms with Gasteiger partial charge < -0.3 is 14.7 Å². The van der Waals surface area contributed by atoms with Crippen LogP contribution in [0, 0.1) is 0 Å². The van der Waals surface area contributed by atoms with Crippen LogP contribution in [0.4, 0.5) is 19.0 Å². The van der Waals surface area contributed by atoms with Crippen molar-refractivity contribution in [2.45, 2.75) is 6.18 Å². The van der Waals surface area contributed by atoms with Crippen LogP contribution < -0.4 is 10.2 Å². The Bertz CT molecular complexity index is 1020. The fourth-order valence-corrected chi connectivity index (χ4v) is 3.38. The summed E-state index contributed by atoms with van der Waals surface area (Å²) >= 11 is 0. The summed E-state index contributed by atoms with van der Waals surface area (Å²) in [5.41, 5.74) is -0.642. The molecule has 30 heavy (non-hydrogen) atoms. The SMILES string of the molecule is O=C(NCCN1CCN(c2nccc3nc(C(F)(F)F)ccc23)CC1)c1ccno1. The number of amides is 1.